The molecule has 0 aromatic carbocycles. The molecule has 3 rings (SSSR count). The highest BCUT2D eigenvalue weighted by molar-refractivity contribution is 5.69. The lowest BCUT2D eigenvalue weighted by Gasteiger charge is -2.24. The number of imidazole rings is 1. The minimum atomic E-state index is -2.18. The SMILES string of the molecule is C[C@@]1(F)[C@H](O)[C@@H](CO)O[C@H]1n1cnc2c(=O)n(N)cnc21. The third kappa shape index (κ3) is 1.83. The lowest BCUT2D eigenvalue weighted by molar-refractivity contribution is -0.0567. The fourth-order valence-electron chi connectivity index (χ4n) is 2.46. The van der Waals surface area contributed by atoms with Crippen molar-refractivity contribution in [3.8, 4) is 0 Å². The molecule has 10 heteroatoms. The number of ether oxygens (including phenoxy) is 1. The molecule has 4 atom stereocenters. The zero-order chi connectivity index (χ0) is 15.4. The van der Waals surface area contributed by atoms with Gasteiger partial charge < -0.3 is 20.8 Å². The van der Waals surface area contributed by atoms with Crippen molar-refractivity contribution in [2.45, 2.75) is 31.0 Å². The molecule has 114 valence electrons. The number of aromatic nitrogens is 4. The average Bonchev–Trinajstić information content (AvgIpc) is 2.96. The Morgan fingerprint density at radius 1 is 1.52 bits per heavy atom. The maximum absolute atomic E-state index is 14.7. The Balaban J connectivity index is 2.13. The Morgan fingerprint density at radius 3 is 2.86 bits per heavy atom. The van der Waals surface area contributed by atoms with Crippen molar-refractivity contribution in [2.24, 2.45) is 0 Å². The molecule has 3 heterocycles. The first kappa shape index (κ1) is 13.9. The van der Waals surface area contributed by atoms with Crippen molar-refractivity contribution in [3.05, 3.63) is 23.0 Å². The van der Waals surface area contributed by atoms with Gasteiger partial charge in [-0.3, -0.25) is 9.36 Å². The Hall–Kier alpha value is -2.04. The predicted molar refractivity (Wildman–Crippen MR) is 68.5 cm³/mol. The lowest BCUT2D eigenvalue weighted by atomic mass is 9.99. The number of nitrogen functional groups attached to an aromatic ring is 1. The van der Waals surface area contributed by atoms with Crippen LogP contribution in [0.1, 0.15) is 13.2 Å². The van der Waals surface area contributed by atoms with E-state index < -0.39 is 36.3 Å². The first-order valence-electron chi connectivity index (χ1n) is 6.20. The minimum Gasteiger partial charge on any atom is -0.394 e. The Bertz CT molecular complexity index is 742. The summed E-state index contributed by atoms with van der Waals surface area (Å²) in [5, 5.41) is 19.0. The molecule has 21 heavy (non-hydrogen) atoms. The van der Waals surface area contributed by atoms with Gasteiger partial charge in [-0.15, -0.1) is 0 Å². The van der Waals surface area contributed by atoms with Crippen LogP contribution in [0.5, 0.6) is 0 Å². The zero-order valence-electron chi connectivity index (χ0n) is 11.0. The molecule has 1 aliphatic rings. The summed E-state index contributed by atoms with van der Waals surface area (Å²) >= 11 is 0. The lowest BCUT2D eigenvalue weighted by Crippen LogP contribution is -2.40. The molecule has 1 fully saturated rings. The smallest absolute Gasteiger partial charge is 0.299 e. The maximum Gasteiger partial charge on any atom is 0.299 e. The number of aliphatic hydroxyl groups excluding tert-OH is 2. The topological polar surface area (TPSA) is 128 Å². The van der Waals surface area contributed by atoms with Crippen molar-refractivity contribution in [2.75, 3.05) is 12.4 Å². The number of halogens is 1. The van der Waals surface area contributed by atoms with E-state index in [9.17, 15) is 14.3 Å². The van der Waals surface area contributed by atoms with E-state index in [1.807, 2.05) is 0 Å². The van der Waals surface area contributed by atoms with Gasteiger partial charge in [0.25, 0.3) is 5.56 Å². The third-order valence-corrected chi connectivity index (χ3v) is 3.66. The highest BCUT2D eigenvalue weighted by Gasteiger charge is 2.55. The van der Waals surface area contributed by atoms with Crippen LogP contribution in [0, 0.1) is 0 Å². The molecule has 0 saturated carbocycles. The van der Waals surface area contributed by atoms with Crippen molar-refractivity contribution in [1.29, 1.82) is 0 Å². The molecular weight excluding hydrogens is 285 g/mol. The van der Waals surface area contributed by atoms with Gasteiger partial charge in [-0.25, -0.2) is 19.0 Å². The summed E-state index contributed by atoms with van der Waals surface area (Å²) in [6.45, 7) is 0.612. The monoisotopic (exact) mass is 299 g/mol. The second kappa shape index (κ2) is 4.48. The summed E-state index contributed by atoms with van der Waals surface area (Å²) in [6, 6.07) is 0. The summed E-state index contributed by atoms with van der Waals surface area (Å²) in [6.07, 6.45) is -1.59. The molecule has 2 aromatic rings. The second-order valence-electron chi connectivity index (χ2n) is 5.09. The van der Waals surface area contributed by atoms with E-state index in [0.29, 0.717) is 0 Å². The molecule has 0 unspecified atom stereocenters. The molecule has 9 nitrogen and oxygen atoms in total. The normalized spacial score (nSPS) is 32.9. The average molecular weight is 299 g/mol. The van der Waals surface area contributed by atoms with E-state index >= 15 is 0 Å². The van der Waals surface area contributed by atoms with Gasteiger partial charge >= 0.3 is 0 Å². The number of hydrogen-bond acceptors (Lipinski definition) is 7. The van der Waals surface area contributed by atoms with Gasteiger partial charge in [-0.2, -0.15) is 0 Å². The van der Waals surface area contributed by atoms with Gasteiger partial charge in [0.15, 0.2) is 23.1 Å². The third-order valence-electron chi connectivity index (χ3n) is 3.66. The number of aliphatic hydroxyl groups is 2. The quantitative estimate of drug-likeness (QED) is 0.563. The Kier molecular flexibility index (Phi) is 2.97. The summed E-state index contributed by atoms with van der Waals surface area (Å²) in [7, 11) is 0. The molecule has 2 aromatic heterocycles. The van der Waals surface area contributed by atoms with Crippen LogP contribution in [-0.2, 0) is 4.74 Å². The number of rotatable bonds is 2. The standard InChI is InChI=1S/C11H14FN5O4/c1-11(12)7(19)5(2-18)21-10(11)16-3-14-6-8(16)15-4-17(13)9(6)20/h3-5,7,10,18-19H,2,13H2,1H3/t5-,7-,10-,11-/m1/s1. The Morgan fingerprint density at radius 2 is 2.24 bits per heavy atom. The zero-order valence-corrected chi connectivity index (χ0v) is 11.0. The highest BCUT2D eigenvalue weighted by Crippen LogP contribution is 2.41. The van der Waals surface area contributed by atoms with Crippen LogP contribution in [-0.4, -0.2) is 53.9 Å². The van der Waals surface area contributed by atoms with E-state index in [1.54, 1.807) is 0 Å². The number of nitrogens with two attached hydrogens (primary N) is 1. The van der Waals surface area contributed by atoms with Gasteiger partial charge in [0.2, 0.25) is 0 Å². The van der Waals surface area contributed by atoms with Crippen LogP contribution < -0.4 is 11.4 Å². The van der Waals surface area contributed by atoms with Crippen molar-refractivity contribution < 1.29 is 19.3 Å². The maximum atomic E-state index is 14.7. The van der Waals surface area contributed by atoms with Crippen molar-refractivity contribution in [1.82, 2.24) is 19.2 Å². The van der Waals surface area contributed by atoms with Crippen LogP contribution in [0.3, 0.4) is 0 Å². The number of nitrogens with zero attached hydrogens (tertiary/aromatic N) is 4. The van der Waals surface area contributed by atoms with E-state index in [-0.39, 0.29) is 11.2 Å². The summed E-state index contributed by atoms with van der Waals surface area (Å²) in [4.78, 5) is 19.6. The van der Waals surface area contributed by atoms with E-state index in [0.717, 1.165) is 17.9 Å². The van der Waals surface area contributed by atoms with Gasteiger partial charge in [0.05, 0.1) is 12.9 Å². The second-order valence-corrected chi connectivity index (χ2v) is 5.09. The predicted octanol–water partition coefficient (Wildman–Crippen LogP) is -1.71. The van der Waals surface area contributed by atoms with Crippen molar-refractivity contribution in [3.63, 3.8) is 0 Å². The van der Waals surface area contributed by atoms with Crippen LogP contribution in [0.4, 0.5) is 4.39 Å². The van der Waals surface area contributed by atoms with E-state index in [2.05, 4.69) is 9.97 Å². The van der Waals surface area contributed by atoms with Gasteiger partial charge in [0, 0.05) is 0 Å². The number of hydrogen-bond donors (Lipinski definition) is 3. The molecule has 1 aliphatic heterocycles. The molecule has 0 bridgehead atoms. The highest BCUT2D eigenvalue weighted by atomic mass is 19.1. The van der Waals surface area contributed by atoms with E-state index in [1.165, 1.54) is 10.9 Å². The van der Waals surface area contributed by atoms with Crippen LogP contribution in [0.15, 0.2) is 17.4 Å². The molecular formula is C11H14FN5O4. The summed E-state index contributed by atoms with van der Waals surface area (Å²) in [5.41, 5.74) is -2.72. The number of alkyl halides is 1. The molecule has 1 saturated heterocycles. The Labute approximate surface area is 117 Å². The fourth-order valence-corrected chi connectivity index (χ4v) is 2.46. The molecule has 0 radical (unpaired) electrons. The van der Waals surface area contributed by atoms with Crippen LogP contribution >= 0.6 is 0 Å². The first-order valence-corrected chi connectivity index (χ1v) is 6.20. The molecule has 4 N–H and O–H groups in total. The molecule has 0 amide bonds. The fraction of sp³-hybridized carbons (Fsp3) is 0.545. The number of fused-ring (bicyclic) bond motifs is 1. The van der Waals surface area contributed by atoms with Gasteiger partial charge in [-0.1, -0.05) is 0 Å². The largest absolute Gasteiger partial charge is 0.394 e. The van der Waals surface area contributed by atoms with Gasteiger partial charge in [-0.05, 0) is 6.92 Å². The molecule has 0 spiro atoms. The van der Waals surface area contributed by atoms with Crippen LogP contribution in [0.25, 0.3) is 11.2 Å². The summed E-state index contributed by atoms with van der Waals surface area (Å²) < 4.78 is 22.0. The van der Waals surface area contributed by atoms with Crippen molar-refractivity contribution >= 4 is 11.2 Å². The minimum absolute atomic E-state index is 0.0404. The van der Waals surface area contributed by atoms with Crippen LogP contribution in [0.2, 0.25) is 0 Å². The first-order chi connectivity index (χ1) is 9.87. The van der Waals surface area contributed by atoms with Gasteiger partial charge in [0.1, 0.15) is 18.5 Å². The molecule has 0 aliphatic carbocycles. The van der Waals surface area contributed by atoms with E-state index in [4.69, 9.17) is 15.7 Å². The summed E-state index contributed by atoms with van der Waals surface area (Å²) in [5.74, 6) is 5.38.